The first-order valence-electron chi connectivity index (χ1n) is 15.0. The Kier molecular flexibility index (Phi) is 11.7. The van der Waals surface area contributed by atoms with Gasteiger partial charge in [0.2, 0.25) is 0 Å². The molecule has 4 rings (SSSR count). The van der Waals surface area contributed by atoms with Crippen LogP contribution in [0.1, 0.15) is 48.2 Å². The number of carbonyl (C=O) groups excluding carboxylic acids is 4. The highest BCUT2D eigenvalue weighted by atomic mass is 35.5. The molecule has 5 N–H and O–H groups in total. The maximum atomic E-state index is 13.1. The van der Waals surface area contributed by atoms with Crippen LogP contribution in [0.3, 0.4) is 0 Å². The van der Waals surface area contributed by atoms with Crippen molar-refractivity contribution in [2.75, 3.05) is 48.2 Å². The largest absolute Gasteiger partial charge is 0.377 e. The molecule has 0 bridgehead atoms. The van der Waals surface area contributed by atoms with E-state index in [-0.39, 0.29) is 39.4 Å². The zero-order valence-corrected chi connectivity index (χ0v) is 29.2. The zero-order valence-electron chi connectivity index (χ0n) is 27.6. The minimum Gasteiger partial charge on any atom is -0.377 e. The lowest BCUT2D eigenvalue weighted by Gasteiger charge is -2.10. The Labute approximate surface area is 288 Å². The van der Waals surface area contributed by atoms with Crippen LogP contribution in [0.4, 0.5) is 17.2 Å². The molecule has 0 spiro atoms. The van der Waals surface area contributed by atoms with Gasteiger partial charge in [-0.2, -0.15) is 0 Å². The van der Waals surface area contributed by atoms with Gasteiger partial charge < -0.3 is 40.3 Å². The Balaban J connectivity index is 1.37. The molecule has 0 saturated carbocycles. The molecular weight excluding hydrogens is 674 g/mol. The topological polar surface area (TPSA) is 190 Å². The second kappa shape index (κ2) is 15.7. The Hall–Kier alpha value is -5.35. The van der Waals surface area contributed by atoms with Crippen LogP contribution < -0.4 is 26.6 Å². The van der Waals surface area contributed by atoms with Crippen LogP contribution in [-0.2, 0) is 31.0 Å². The van der Waals surface area contributed by atoms with Crippen LogP contribution in [0.25, 0.3) is 0 Å². The van der Waals surface area contributed by atoms with Gasteiger partial charge in [0, 0.05) is 72.0 Å². The molecule has 0 aliphatic heterocycles. The minimum atomic E-state index is -3.54. The summed E-state index contributed by atoms with van der Waals surface area (Å²) in [5.74, 6) is -0.896. The average Bonchev–Trinajstić information content (AvgIpc) is 3.74. The first-order valence-corrected chi connectivity index (χ1v) is 17.2. The van der Waals surface area contributed by atoms with Gasteiger partial charge >= 0.3 is 0 Å². The standard InChI is InChI=1S/C32H38ClN9O6S/c1-34-27(35-2)12-14-36-30(44)25-16-21(18-40(25)3)38-32(46)26-17-22(19-41(26)4)37-31(45)24-10-11-28(42(24)5)39-29(43)20-6-8-23(9-7-20)49(47,48)15-13-33/h6-11,16-19H,12-15H2,1-5H3,(H,34,35)(H,36,44)(H,37,45)(H,38,46)(H,39,43). The molecule has 15 nitrogen and oxygen atoms in total. The number of alkyl halides is 1. The minimum absolute atomic E-state index is 0.0403. The average molecular weight is 712 g/mol. The van der Waals surface area contributed by atoms with Gasteiger partial charge in [0.05, 0.1) is 27.9 Å². The summed E-state index contributed by atoms with van der Waals surface area (Å²) in [5, 5.41) is 14.0. The van der Waals surface area contributed by atoms with Crippen LogP contribution in [0.15, 0.2) is 70.8 Å². The molecule has 4 aromatic rings. The maximum Gasteiger partial charge on any atom is 0.272 e. The van der Waals surface area contributed by atoms with Crippen molar-refractivity contribution in [3.63, 3.8) is 0 Å². The number of aryl methyl sites for hydroxylation is 2. The highest BCUT2D eigenvalue weighted by Crippen LogP contribution is 2.20. The number of aliphatic imine (C=N–C) groups is 1. The monoisotopic (exact) mass is 711 g/mol. The summed E-state index contributed by atoms with van der Waals surface area (Å²) in [4.78, 5) is 55.9. The Bertz CT molecular complexity index is 2010. The van der Waals surface area contributed by atoms with Crippen LogP contribution in [0, 0.1) is 0 Å². The number of amides is 4. The van der Waals surface area contributed by atoms with E-state index in [1.54, 1.807) is 68.9 Å². The molecule has 0 aliphatic carbocycles. The van der Waals surface area contributed by atoms with Gasteiger partial charge in [-0.25, -0.2) is 8.42 Å². The molecule has 0 saturated heterocycles. The molecule has 0 unspecified atom stereocenters. The highest BCUT2D eigenvalue weighted by Gasteiger charge is 2.20. The van der Waals surface area contributed by atoms with E-state index in [0.29, 0.717) is 35.9 Å². The molecule has 0 fully saturated rings. The van der Waals surface area contributed by atoms with E-state index in [4.69, 9.17) is 11.6 Å². The number of hydrogen-bond acceptors (Lipinski definition) is 7. The van der Waals surface area contributed by atoms with E-state index in [1.807, 2.05) is 0 Å². The fraction of sp³-hybridized carbons (Fsp3) is 0.281. The quantitative estimate of drug-likeness (QED) is 0.0801. The third-order valence-electron chi connectivity index (χ3n) is 7.61. The van der Waals surface area contributed by atoms with Crippen molar-refractivity contribution in [2.24, 2.45) is 26.1 Å². The molecule has 17 heteroatoms. The maximum absolute atomic E-state index is 13.1. The van der Waals surface area contributed by atoms with E-state index < -0.39 is 27.6 Å². The van der Waals surface area contributed by atoms with Gasteiger partial charge in [-0.1, -0.05) is 0 Å². The lowest BCUT2D eigenvalue weighted by atomic mass is 10.2. The van der Waals surface area contributed by atoms with Crippen molar-refractivity contribution < 1.29 is 27.6 Å². The summed E-state index contributed by atoms with van der Waals surface area (Å²) in [5.41, 5.74) is 1.85. The van der Waals surface area contributed by atoms with E-state index >= 15 is 0 Å². The van der Waals surface area contributed by atoms with Crippen molar-refractivity contribution in [2.45, 2.75) is 11.3 Å². The summed E-state index contributed by atoms with van der Waals surface area (Å²) in [7, 11) is 4.85. The summed E-state index contributed by atoms with van der Waals surface area (Å²) in [6.07, 6.45) is 3.75. The Morgan fingerprint density at radius 3 is 1.90 bits per heavy atom. The van der Waals surface area contributed by atoms with Crippen LogP contribution in [-0.4, -0.2) is 83.9 Å². The van der Waals surface area contributed by atoms with Crippen molar-refractivity contribution in [3.8, 4) is 0 Å². The summed E-state index contributed by atoms with van der Waals surface area (Å²) >= 11 is 5.57. The number of anilines is 3. The van der Waals surface area contributed by atoms with Crippen LogP contribution in [0.5, 0.6) is 0 Å². The molecule has 4 amide bonds. The number of rotatable bonds is 13. The van der Waals surface area contributed by atoms with Crippen molar-refractivity contribution in [3.05, 3.63) is 83.6 Å². The number of nitrogens with zero attached hydrogens (tertiary/aromatic N) is 4. The lowest BCUT2D eigenvalue weighted by Crippen LogP contribution is -2.30. The van der Waals surface area contributed by atoms with Crippen molar-refractivity contribution >= 4 is 68.1 Å². The third kappa shape index (κ3) is 8.77. The first-order chi connectivity index (χ1) is 23.3. The SMILES string of the molecule is CN=C(CCNC(=O)c1cc(NC(=O)c2cc(NC(=O)c3ccc(NC(=O)c4ccc(S(=O)(=O)CCCl)cc4)n3C)cn2C)cn1C)NC. The summed E-state index contributed by atoms with van der Waals surface area (Å²) in [6, 6.07) is 11.7. The third-order valence-corrected chi connectivity index (χ3v) is 9.76. The Morgan fingerprint density at radius 1 is 0.776 bits per heavy atom. The number of carbonyl (C=O) groups is 4. The fourth-order valence-corrected chi connectivity index (χ4v) is 6.53. The molecule has 0 aliphatic rings. The number of sulfone groups is 1. The normalized spacial score (nSPS) is 11.6. The van der Waals surface area contributed by atoms with Crippen LogP contribution >= 0.6 is 11.6 Å². The van der Waals surface area contributed by atoms with E-state index in [9.17, 15) is 27.6 Å². The molecule has 260 valence electrons. The smallest absolute Gasteiger partial charge is 0.272 e. The molecule has 3 heterocycles. The number of hydrogen-bond donors (Lipinski definition) is 5. The molecule has 49 heavy (non-hydrogen) atoms. The van der Waals surface area contributed by atoms with Gasteiger partial charge in [0.15, 0.2) is 9.84 Å². The number of aromatic nitrogens is 3. The van der Waals surface area contributed by atoms with E-state index in [0.717, 1.165) is 5.84 Å². The van der Waals surface area contributed by atoms with E-state index in [1.165, 1.54) is 41.0 Å². The molecule has 3 aromatic heterocycles. The number of nitrogens with one attached hydrogen (secondary N) is 5. The zero-order chi connectivity index (χ0) is 35.9. The highest BCUT2D eigenvalue weighted by molar-refractivity contribution is 7.91. The molecule has 0 radical (unpaired) electrons. The second-order valence-electron chi connectivity index (χ2n) is 10.9. The summed E-state index contributed by atoms with van der Waals surface area (Å²) in [6.45, 7) is 0.385. The lowest BCUT2D eigenvalue weighted by molar-refractivity contribution is 0.0944. The molecule has 1 aromatic carbocycles. The number of amidine groups is 1. The predicted octanol–water partition coefficient (Wildman–Crippen LogP) is 2.84. The molecule has 0 atom stereocenters. The van der Waals surface area contributed by atoms with Crippen molar-refractivity contribution in [1.29, 1.82) is 0 Å². The van der Waals surface area contributed by atoms with Gasteiger partial charge in [-0.3, -0.25) is 24.2 Å². The predicted molar refractivity (Wildman–Crippen MR) is 189 cm³/mol. The number of halogens is 1. The fourth-order valence-electron chi connectivity index (χ4n) is 4.93. The van der Waals surface area contributed by atoms with E-state index in [2.05, 4.69) is 31.6 Å². The summed E-state index contributed by atoms with van der Waals surface area (Å²) < 4.78 is 29.0. The van der Waals surface area contributed by atoms with Crippen LogP contribution in [0.2, 0.25) is 0 Å². The second-order valence-corrected chi connectivity index (χ2v) is 13.4. The number of benzene rings is 1. The van der Waals surface area contributed by atoms with Gasteiger partial charge in [0.1, 0.15) is 22.9 Å². The first kappa shape index (κ1) is 36.5. The van der Waals surface area contributed by atoms with Gasteiger partial charge in [0.25, 0.3) is 23.6 Å². The Morgan fingerprint density at radius 2 is 1.35 bits per heavy atom. The van der Waals surface area contributed by atoms with Gasteiger partial charge in [-0.15, -0.1) is 11.6 Å². The molecular formula is C32H38ClN9O6S. The van der Waals surface area contributed by atoms with Gasteiger partial charge in [-0.05, 0) is 48.5 Å². The van der Waals surface area contributed by atoms with Crippen molar-refractivity contribution in [1.82, 2.24) is 24.3 Å².